The predicted molar refractivity (Wildman–Crippen MR) is 69.6 cm³/mol. The van der Waals surface area contributed by atoms with Gasteiger partial charge in [0.15, 0.2) is 0 Å². The quantitative estimate of drug-likeness (QED) is 0.829. The fraction of sp³-hybridized carbons (Fsp3) is 0.0769. The van der Waals surface area contributed by atoms with Crippen LogP contribution in [-0.4, -0.2) is 18.0 Å². The summed E-state index contributed by atoms with van der Waals surface area (Å²) in [7, 11) is 1.50. The number of halogens is 1. The molecule has 1 aromatic carbocycles. The molecule has 1 heterocycles. The van der Waals surface area contributed by atoms with Gasteiger partial charge < -0.3 is 15.8 Å². The van der Waals surface area contributed by atoms with Crippen LogP contribution in [0.3, 0.4) is 0 Å². The van der Waals surface area contributed by atoms with Crippen molar-refractivity contribution in [2.75, 3.05) is 18.2 Å². The summed E-state index contributed by atoms with van der Waals surface area (Å²) in [5.41, 5.74) is 6.75. The van der Waals surface area contributed by atoms with Crippen molar-refractivity contribution in [1.82, 2.24) is 4.98 Å². The Balaban J connectivity index is 2.17. The van der Waals surface area contributed by atoms with E-state index in [9.17, 15) is 9.18 Å². The first-order valence-corrected chi connectivity index (χ1v) is 5.45. The maximum Gasteiger partial charge on any atom is 0.257 e. The van der Waals surface area contributed by atoms with Crippen LogP contribution >= 0.6 is 0 Å². The highest BCUT2D eigenvalue weighted by molar-refractivity contribution is 6.04. The van der Waals surface area contributed by atoms with Crippen LogP contribution in [0.15, 0.2) is 36.7 Å². The molecule has 19 heavy (non-hydrogen) atoms. The van der Waals surface area contributed by atoms with Gasteiger partial charge >= 0.3 is 0 Å². The third-order valence-corrected chi connectivity index (χ3v) is 2.45. The molecule has 0 atom stereocenters. The molecule has 0 unspecified atom stereocenters. The Kier molecular flexibility index (Phi) is 3.61. The summed E-state index contributed by atoms with van der Waals surface area (Å²) in [5, 5.41) is 2.60. The van der Waals surface area contributed by atoms with Gasteiger partial charge in [-0.15, -0.1) is 0 Å². The number of nitrogens with two attached hydrogens (primary N) is 1. The monoisotopic (exact) mass is 261 g/mol. The number of hydrogen-bond acceptors (Lipinski definition) is 4. The first-order chi connectivity index (χ1) is 9.10. The molecule has 0 aliphatic rings. The standard InChI is InChI=1S/C13H12FN3O2/c1-19-12-3-2-10(5-11(12)15)17-13(18)8-4-9(14)7-16-6-8/h2-7H,15H2,1H3,(H,17,18). The van der Waals surface area contributed by atoms with E-state index in [1.165, 1.54) is 13.3 Å². The number of nitrogens with one attached hydrogen (secondary N) is 1. The lowest BCUT2D eigenvalue weighted by molar-refractivity contribution is 0.102. The van der Waals surface area contributed by atoms with Crippen LogP contribution in [0, 0.1) is 5.82 Å². The maximum absolute atomic E-state index is 13.0. The summed E-state index contributed by atoms with van der Waals surface area (Å²) >= 11 is 0. The third kappa shape index (κ3) is 2.98. The molecule has 0 saturated heterocycles. The Bertz CT molecular complexity index is 617. The molecule has 0 fully saturated rings. The third-order valence-electron chi connectivity index (χ3n) is 2.45. The van der Waals surface area contributed by atoms with E-state index in [1.54, 1.807) is 18.2 Å². The van der Waals surface area contributed by atoms with Crippen LogP contribution in [0.25, 0.3) is 0 Å². The number of benzene rings is 1. The molecule has 5 nitrogen and oxygen atoms in total. The van der Waals surface area contributed by atoms with Crippen LogP contribution in [0.1, 0.15) is 10.4 Å². The maximum atomic E-state index is 13.0. The minimum Gasteiger partial charge on any atom is -0.495 e. The Morgan fingerprint density at radius 3 is 2.79 bits per heavy atom. The van der Waals surface area contributed by atoms with Gasteiger partial charge in [-0.25, -0.2) is 4.39 Å². The number of carbonyl (C=O) groups is 1. The fourth-order valence-corrected chi connectivity index (χ4v) is 1.55. The number of ether oxygens (including phenoxy) is 1. The SMILES string of the molecule is COc1ccc(NC(=O)c2cncc(F)c2)cc1N. The number of aromatic nitrogens is 1. The van der Waals surface area contributed by atoms with Crippen molar-refractivity contribution in [2.45, 2.75) is 0 Å². The lowest BCUT2D eigenvalue weighted by Gasteiger charge is -2.08. The van der Waals surface area contributed by atoms with Gasteiger partial charge in [0.25, 0.3) is 5.91 Å². The molecule has 2 rings (SSSR count). The van der Waals surface area contributed by atoms with Crippen molar-refractivity contribution in [3.8, 4) is 5.75 Å². The smallest absolute Gasteiger partial charge is 0.257 e. The summed E-state index contributed by atoms with van der Waals surface area (Å²) < 4.78 is 18.0. The summed E-state index contributed by atoms with van der Waals surface area (Å²) in [6, 6.07) is 5.94. The Labute approximate surface area is 109 Å². The lowest BCUT2D eigenvalue weighted by atomic mass is 10.2. The van der Waals surface area contributed by atoms with Gasteiger partial charge in [0.2, 0.25) is 0 Å². The van der Waals surface area contributed by atoms with Gasteiger partial charge in [0, 0.05) is 11.9 Å². The highest BCUT2D eigenvalue weighted by Gasteiger charge is 2.08. The second kappa shape index (κ2) is 5.34. The molecule has 0 saturated carbocycles. The molecule has 98 valence electrons. The zero-order valence-corrected chi connectivity index (χ0v) is 10.2. The number of hydrogen-bond donors (Lipinski definition) is 2. The van der Waals surface area contributed by atoms with E-state index in [-0.39, 0.29) is 5.56 Å². The minimum absolute atomic E-state index is 0.134. The summed E-state index contributed by atoms with van der Waals surface area (Å²) in [4.78, 5) is 15.5. The number of rotatable bonds is 3. The highest BCUT2D eigenvalue weighted by atomic mass is 19.1. The van der Waals surface area contributed by atoms with E-state index >= 15 is 0 Å². The predicted octanol–water partition coefficient (Wildman–Crippen LogP) is 2.06. The van der Waals surface area contributed by atoms with Crippen molar-refractivity contribution >= 4 is 17.3 Å². The van der Waals surface area contributed by atoms with E-state index < -0.39 is 11.7 Å². The molecule has 0 spiro atoms. The number of nitrogens with zero attached hydrogens (tertiary/aromatic N) is 1. The second-order valence-electron chi connectivity index (χ2n) is 3.80. The Morgan fingerprint density at radius 2 is 2.16 bits per heavy atom. The molecule has 2 aromatic rings. The summed E-state index contributed by atoms with van der Waals surface area (Å²) in [6.07, 6.45) is 2.31. The second-order valence-corrected chi connectivity index (χ2v) is 3.80. The fourth-order valence-electron chi connectivity index (χ4n) is 1.55. The number of carbonyl (C=O) groups excluding carboxylic acids is 1. The highest BCUT2D eigenvalue weighted by Crippen LogP contribution is 2.24. The molecule has 0 aliphatic heterocycles. The Hall–Kier alpha value is -2.63. The van der Waals surface area contributed by atoms with Crippen molar-refractivity contribution < 1.29 is 13.9 Å². The molecular formula is C13H12FN3O2. The van der Waals surface area contributed by atoms with Crippen LogP contribution < -0.4 is 15.8 Å². The molecule has 3 N–H and O–H groups in total. The number of pyridine rings is 1. The molecule has 1 aromatic heterocycles. The van der Waals surface area contributed by atoms with Gasteiger partial charge in [-0.3, -0.25) is 9.78 Å². The molecule has 1 amide bonds. The number of amides is 1. The van der Waals surface area contributed by atoms with Gasteiger partial charge in [-0.2, -0.15) is 0 Å². The first-order valence-electron chi connectivity index (χ1n) is 5.45. The van der Waals surface area contributed by atoms with Crippen LogP contribution in [0.4, 0.5) is 15.8 Å². The van der Waals surface area contributed by atoms with Crippen molar-refractivity contribution in [1.29, 1.82) is 0 Å². The van der Waals surface area contributed by atoms with E-state index in [1.807, 2.05) is 0 Å². The van der Waals surface area contributed by atoms with Crippen LogP contribution in [0.2, 0.25) is 0 Å². The first kappa shape index (κ1) is 12.8. The minimum atomic E-state index is -0.568. The van der Waals surface area contributed by atoms with Gasteiger partial charge in [-0.1, -0.05) is 0 Å². The zero-order valence-electron chi connectivity index (χ0n) is 10.2. The van der Waals surface area contributed by atoms with Crippen LogP contribution in [0.5, 0.6) is 5.75 Å². The average molecular weight is 261 g/mol. The van der Waals surface area contributed by atoms with E-state index in [0.717, 1.165) is 12.3 Å². The van der Waals surface area contributed by atoms with Crippen molar-refractivity contribution in [3.05, 3.63) is 48.0 Å². The van der Waals surface area contributed by atoms with Gasteiger partial charge in [-0.05, 0) is 24.3 Å². The largest absolute Gasteiger partial charge is 0.495 e. The lowest BCUT2D eigenvalue weighted by Crippen LogP contribution is -2.12. The zero-order chi connectivity index (χ0) is 13.8. The topological polar surface area (TPSA) is 77.2 Å². The Morgan fingerprint density at radius 1 is 1.37 bits per heavy atom. The van der Waals surface area contributed by atoms with E-state index in [4.69, 9.17) is 10.5 Å². The van der Waals surface area contributed by atoms with E-state index in [2.05, 4.69) is 10.3 Å². The number of nitrogen functional groups attached to an aromatic ring is 1. The van der Waals surface area contributed by atoms with E-state index in [0.29, 0.717) is 17.1 Å². The molecule has 6 heteroatoms. The average Bonchev–Trinajstić information content (AvgIpc) is 2.39. The number of methoxy groups -OCH3 is 1. The normalized spacial score (nSPS) is 10.0. The summed E-state index contributed by atoms with van der Waals surface area (Å²) in [5.74, 6) is -0.510. The van der Waals surface area contributed by atoms with Gasteiger partial charge in [0.1, 0.15) is 11.6 Å². The molecule has 0 bridgehead atoms. The molecular weight excluding hydrogens is 249 g/mol. The summed E-state index contributed by atoms with van der Waals surface area (Å²) in [6.45, 7) is 0. The molecule has 0 radical (unpaired) electrons. The van der Waals surface area contributed by atoms with Crippen molar-refractivity contribution in [3.63, 3.8) is 0 Å². The van der Waals surface area contributed by atoms with Crippen molar-refractivity contribution in [2.24, 2.45) is 0 Å². The van der Waals surface area contributed by atoms with Gasteiger partial charge in [0.05, 0.1) is 24.6 Å². The number of anilines is 2. The molecule has 0 aliphatic carbocycles. The van der Waals surface area contributed by atoms with Crippen LogP contribution in [-0.2, 0) is 0 Å².